The Kier molecular flexibility index (Phi) is 7.47. The van der Waals surface area contributed by atoms with Gasteiger partial charge in [-0.2, -0.15) is 0 Å². The average Bonchev–Trinajstić information content (AvgIpc) is 2.41. The van der Waals surface area contributed by atoms with Crippen LogP contribution in [0.4, 0.5) is 5.69 Å². The van der Waals surface area contributed by atoms with E-state index in [0.29, 0.717) is 25.8 Å². The number of nitrogens with two attached hydrogens (primary N) is 1. The first kappa shape index (κ1) is 19.4. The van der Waals surface area contributed by atoms with Crippen LogP contribution in [0.25, 0.3) is 0 Å². The number of likely N-dealkylation sites (tertiary alicyclic amines) is 1. The molecule has 0 aliphatic carbocycles. The van der Waals surface area contributed by atoms with Crippen LogP contribution in [0.1, 0.15) is 30.4 Å². The Morgan fingerprint density at radius 1 is 1.17 bits per heavy atom. The predicted molar refractivity (Wildman–Crippen MR) is 102 cm³/mol. The molecule has 0 bridgehead atoms. The number of halogens is 1. The Bertz CT molecular complexity index is 580. The van der Waals surface area contributed by atoms with Gasteiger partial charge in [0, 0.05) is 25.1 Å². The average molecular weight is 430 g/mol. The van der Waals surface area contributed by atoms with Crippen LogP contribution < -0.4 is 11.1 Å². The van der Waals surface area contributed by atoms with E-state index in [0.717, 1.165) is 16.8 Å². The molecule has 1 aliphatic rings. The normalized spacial score (nSPS) is 15.4. The summed E-state index contributed by atoms with van der Waals surface area (Å²) in [5, 5.41) is 3.02. The van der Waals surface area contributed by atoms with Gasteiger partial charge in [0.25, 0.3) is 0 Å². The molecule has 1 heterocycles. The number of nitrogens with one attached hydrogen (secondary N) is 1. The van der Waals surface area contributed by atoms with Crippen molar-refractivity contribution < 1.29 is 9.59 Å². The van der Waals surface area contributed by atoms with E-state index in [-0.39, 0.29) is 48.3 Å². The summed E-state index contributed by atoms with van der Waals surface area (Å²) in [6, 6.07) is 6.03. The number of nitrogens with zero attached hydrogens (tertiary/aromatic N) is 2. The van der Waals surface area contributed by atoms with Crippen molar-refractivity contribution in [1.29, 1.82) is 0 Å². The molecular weight excluding hydrogens is 407 g/mol. The number of carbonyl (C=O) groups excluding carboxylic acids is 2. The third-order valence-corrected chi connectivity index (χ3v) is 3.48. The minimum absolute atomic E-state index is 0. The number of anilines is 1. The van der Waals surface area contributed by atoms with Gasteiger partial charge in [0.05, 0.1) is 6.54 Å². The number of carbonyl (C=O) groups is 2. The number of imide groups is 1. The van der Waals surface area contributed by atoms with Gasteiger partial charge >= 0.3 is 0 Å². The lowest BCUT2D eigenvalue weighted by Gasteiger charge is -2.24. The fourth-order valence-corrected chi connectivity index (χ4v) is 2.55. The highest BCUT2D eigenvalue weighted by molar-refractivity contribution is 14.0. The topological polar surface area (TPSA) is 87.8 Å². The first-order chi connectivity index (χ1) is 10.5. The molecule has 2 amide bonds. The molecule has 3 N–H and O–H groups in total. The highest BCUT2D eigenvalue weighted by atomic mass is 127. The molecule has 23 heavy (non-hydrogen) atoms. The summed E-state index contributed by atoms with van der Waals surface area (Å²) in [4.78, 5) is 28.8. The quantitative estimate of drug-likeness (QED) is 0.332. The zero-order valence-electron chi connectivity index (χ0n) is 13.5. The van der Waals surface area contributed by atoms with Gasteiger partial charge in [-0.05, 0) is 43.5 Å². The lowest BCUT2D eigenvalue weighted by Crippen LogP contribution is -2.41. The van der Waals surface area contributed by atoms with E-state index in [4.69, 9.17) is 5.73 Å². The van der Waals surface area contributed by atoms with Crippen molar-refractivity contribution in [2.24, 2.45) is 10.7 Å². The van der Waals surface area contributed by atoms with Crippen molar-refractivity contribution in [1.82, 2.24) is 4.90 Å². The minimum atomic E-state index is -0.118. The van der Waals surface area contributed by atoms with Gasteiger partial charge in [0.15, 0.2) is 5.96 Å². The Morgan fingerprint density at radius 3 is 2.30 bits per heavy atom. The maximum Gasteiger partial charge on any atom is 0.229 e. The summed E-state index contributed by atoms with van der Waals surface area (Å²) in [7, 11) is 0. The van der Waals surface area contributed by atoms with Gasteiger partial charge in [-0.1, -0.05) is 6.07 Å². The van der Waals surface area contributed by atoms with Crippen LogP contribution in [-0.2, 0) is 9.59 Å². The largest absolute Gasteiger partial charge is 0.370 e. The van der Waals surface area contributed by atoms with Crippen LogP contribution in [0.15, 0.2) is 23.2 Å². The maximum atomic E-state index is 11.7. The molecule has 126 valence electrons. The number of amides is 2. The molecule has 2 rings (SSSR count). The standard InChI is InChI=1S/C16H22N4O2.HI/c1-11-8-12(2)10-13(9-11)19-16(17)18-6-7-20-14(21)4-3-5-15(20)22;/h8-10H,3-7H2,1-2H3,(H3,17,18,19);1H. The van der Waals surface area contributed by atoms with Crippen molar-refractivity contribution in [2.75, 3.05) is 18.4 Å². The third-order valence-electron chi connectivity index (χ3n) is 3.48. The molecule has 1 fully saturated rings. The lowest BCUT2D eigenvalue weighted by molar-refractivity contribution is -0.147. The van der Waals surface area contributed by atoms with Gasteiger partial charge in [-0.3, -0.25) is 19.5 Å². The summed E-state index contributed by atoms with van der Waals surface area (Å²) in [6.07, 6.45) is 1.52. The van der Waals surface area contributed by atoms with Crippen molar-refractivity contribution in [3.05, 3.63) is 29.3 Å². The number of aryl methyl sites for hydroxylation is 2. The molecule has 0 saturated carbocycles. The highest BCUT2D eigenvalue weighted by Gasteiger charge is 2.24. The summed E-state index contributed by atoms with van der Waals surface area (Å²) >= 11 is 0. The molecule has 0 spiro atoms. The van der Waals surface area contributed by atoms with E-state index in [9.17, 15) is 9.59 Å². The van der Waals surface area contributed by atoms with E-state index < -0.39 is 0 Å². The monoisotopic (exact) mass is 430 g/mol. The molecular formula is C16H23IN4O2. The molecule has 7 heteroatoms. The fraction of sp³-hybridized carbons (Fsp3) is 0.438. The smallest absolute Gasteiger partial charge is 0.229 e. The number of hydrogen-bond donors (Lipinski definition) is 2. The Hall–Kier alpha value is -1.64. The zero-order chi connectivity index (χ0) is 16.1. The van der Waals surface area contributed by atoms with Crippen molar-refractivity contribution in [2.45, 2.75) is 33.1 Å². The van der Waals surface area contributed by atoms with Crippen LogP contribution in [0.3, 0.4) is 0 Å². The second-order valence-electron chi connectivity index (χ2n) is 5.56. The van der Waals surface area contributed by atoms with Crippen LogP contribution in [0.2, 0.25) is 0 Å². The van der Waals surface area contributed by atoms with E-state index >= 15 is 0 Å². The third kappa shape index (κ3) is 5.81. The molecule has 1 saturated heterocycles. The van der Waals surface area contributed by atoms with Gasteiger partial charge in [0.1, 0.15) is 0 Å². The maximum absolute atomic E-state index is 11.7. The van der Waals surface area contributed by atoms with Crippen molar-refractivity contribution in [3.63, 3.8) is 0 Å². The summed E-state index contributed by atoms with van der Waals surface area (Å²) < 4.78 is 0. The molecule has 6 nitrogen and oxygen atoms in total. The minimum Gasteiger partial charge on any atom is -0.370 e. The second-order valence-corrected chi connectivity index (χ2v) is 5.56. The van der Waals surface area contributed by atoms with E-state index in [2.05, 4.69) is 16.4 Å². The molecule has 0 atom stereocenters. The summed E-state index contributed by atoms with van der Waals surface area (Å²) in [5.74, 6) is 0.0430. The number of rotatable bonds is 4. The lowest BCUT2D eigenvalue weighted by atomic mass is 10.1. The number of hydrogen-bond acceptors (Lipinski definition) is 3. The van der Waals surface area contributed by atoms with Crippen LogP contribution in [-0.4, -0.2) is 35.8 Å². The van der Waals surface area contributed by atoms with Crippen LogP contribution >= 0.6 is 24.0 Å². The molecule has 1 aromatic rings. The molecule has 1 aromatic carbocycles. The second kappa shape index (κ2) is 8.85. The summed E-state index contributed by atoms with van der Waals surface area (Å²) in [5.41, 5.74) is 9.00. The SMILES string of the molecule is Cc1cc(C)cc(NC(N)=NCCN2C(=O)CCCC2=O)c1.I. The molecule has 0 unspecified atom stereocenters. The van der Waals surface area contributed by atoms with Gasteiger partial charge in [-0.25, -0.2) is 0 Å². The summed E-state index contributed by atoms with van der Waals surface area (Å²) in [6.45, 7) is 4.62. The van der Waals surface area contributed by atoms with Gasteiger partial charge in [-0.15, -0.1) is 24.0 Å². The fourth-order valence-electron chi connectivity index (χ4n) is 2.55. The molecule has 0 radical (unpaired) electrons. The van der Waals surface area contributed by atoms with Crippen LogP contribution in [0, 0.1) is 13.8 Å². The molecule has 0 aromatic heterocycles. The van der Waals surface area contributed by atoms with E-state index in [1.165, 1.54) is 4.90 Å². The number of guanidine groups is 1. The number of aliphatic imine (C=N–C) groups is 1. The van der Waals surface area contributed by atoms with Crippen molar-refractivity contribution in [3.8, 4) is 0 Å². The Morgan fingerprint density at radius 2 is 1.74 bits per heavy atom. The molecule has 1 aliphatic heterocycles. The van der Waals surface area contributed by atoms with Gasteiger partial charge in [0.2, 0.25) is 11.8 Å². The predicted octanol–water partition coefficient (Wildman–Crippen LogP) is 2.19. The Balaban J connectivity index is 0.00000264. The van der Waals surface area contributed by atoms with E-state index in [1.807, 2.05) is 26.0 Å². The Labute approximate surface area is 153 Å². The highest BCUT2D eigenvalue weighted by Crippen LogP contribution is 2.13. The van der Waals surface area contributed by atoms with E-state index in [1.54, 1.807) is 0 Å². The van der Waals surface area contributed by atoms with Crippen LogP contribution in [0.5, 0.6) is 0 Å². The number of benzene rings is 1. The van der Waals surface area contributed by atoms with Gasteiger partial charge < -0.3 is 11.1 Å². The number of piperidine rings is 1. The first-order valence-electron chi connectivity index (χ1n) is 7.44. The zero-order valence-corrected chi connectivity index (χ0v) is 15.8. The first-order valence-corrected chi connectivity index (χ1v) is 7.44. The van der Waals surface area contributed by atoms with Crippen molar-refractivity contribution >= 4 is 47.4 Å².